The molecule has 1 aromatic heterocycles. The van der Waals surface area contributed by atoms with Gasteiger partial charge >= 0.3 is 0 Å². The summed E-state index contributed by atoms with van der Waals surface area (Å²) < 4.78 is 23.1. The third kappa shape index (κ3) is 2.56. The molecule has 0 aliphatic carbocycles. The van der Waals surface area contributed by atoms with Crippen molar-refractivity contribution in [1.82, 2.24) is 0 Å². The molecule has 0 saturated carbocycles. The van der Waals surface area contributed by atoms with Crippen molar-refractivity contribution in [2.75, 3.05) is 20.8 Å². The molecule has 4 nitrogen and oxygen atoms in total. The number of para-hydroxylation sites is 1. The van der Waals surface area contributed by atoms with Crippen molar-refractivity contribution in [3.8, 4) is 11.5 Å². The van der Waals surface area contributed by atoms with E-state index in [4.69, 9.17) is 18.6 Å². The van der Waals surface area contributed by atoms with Gasteiger partial charge in [0.25, 0.3) is 0 Å². The Balaban J connectivity index is 1.66. The summed E-state index contributed by atoms with van der Waals surface area (Å²) in [6.07, 6.45) is 0.731. The van der Waals surface area contributed by atoms with Gasteiger partial charge in [0.15, 0.2) is 11.5 Å². The fourth-order valence-electron chi connectivity index (χ4n) is 3.96. The van der Waals surface area contributed by atoms with Crippen molar-refractivity contribution in [2.45, 2.75) is 12.5 Å². The zero-order valence-electron chi connectivity index (χ0n) is 15.3. The van der Waals surface area contributed by atoms with E-state index in [-0.39, 0.29) is 6.10 Å². The number of hydrogen-bond acceptors (Lipinski definition) is 4. The first kappa shape index (κ1) is 16.2. The van der Waals surface area contributed by atoms with Gasteiger partial charge in [0.05, 0.1) is 20.8 Å². The van der Waals surface area contributed by atoms with Gasteiger partial charge in [0.1, 0.15) is 17.3 Å². The van der Waals surface area contributed by atoms with Crippen LogP contribution in [0.2, 0.25) is 0 Å². The largest absolute Gasteiger partial charge is 0.493 e. The zero-order chi connectivity index (χ0) is 18.4. The van der Waals surface area contributed by atoms with Crippen LogP contribution in [0.5, 0.6) is 11.5 Å². The molecular weight excluding hydrogens is 340 g/mol. The minimum Gasteiger partial charge on any atom is -0.493 e. The third-order valence-electron chi connectivity index (χ3n) is 5.29. The van der Waals surface area contributed by atoms with E-state index in [0.29, 0.717) is 6.61 Å². The Hall–Kier alpha value is -2.98. The quantitative estimate of drug-likeness (QED) is 0.499. The number of ether oxygens (including phenoxy) is 3. The summed E-state index contributed by atoms with van der Waals surface area (Å²) in [5.74, 6) is 1.48. The van der Waals surface area contributed by atoms with Crippen molar-refractivity contribution in [3.63, 3.8) is 0 Å². The van der Waals surface area contributed by atoms with Crippen molar-refractivity contribution >= 4 is 21.9 Å². The summed E-state index contributed by atoms with van der Waals surface area (Å²) in [6.45, 7) is 0.678. The highest BCUT2D eigenvalue weighted by Crippen LogP contribution is 2.41. The van der Waals surface area contributed by atoms with Gasteiger partial charge in [-0.1, -0.05) is 24.3 Å². The minimum absolute atomic E-state index is 0.133. The molecule has 0 bridgehead atoms. The predicted molar refractivity (Wildman–Crippen MR) is 105 cm³/mol. The van der Waals surface area contributed by atoms with E-state index in [1.54, 1.807) is 14.2 Å². The molecule has 4 aromatic rings. The van der Waals surface area contributed by atoms with Crippen molar-refractivity contribution in [3.05, 3.63) is 71.3 Å². The van der Waals surface area contributed by atoms with Crippen LogP contribution in [-0.4, -0.2) is 20.8 Å². The Morgan fingerprint density at radius 1 is 0.852 bits per heavy atom. The molecule has 0 N–H and O–H groups in total. The molecular formula is C23H20O4. The van der Waals surface area contributed by atoms with Gasteiger partial charge < -0.3 is 18.6 Å². The number of rotatable bonds is 3. The van der Waals surface area contributed by atoms with E-state index in [1.165, 1.54) is 5.56 Å². The maximum absolute atomic E-state index is 6.17. The first-order valence-electron chi connectivity index (χ1n) is 9.06. The highest BCUT2D eigenvalue weighted by Gasteiger charge is 2.25. The summed E-state index contributed by atoms with van der Waals surface area (Å²) in [7, 11) is 3.33. The average Bonchev–Trinajstić information content (AvgIpc) is 3.10. The van der Waals surface area contributed by atoms with Crippen molar-refractivity contribution in [1.29, 1.82) is 0 Å². The van der Waals surface area contributed by atoms with E-state index in [9.17, 15) is 0 Å². The van der Waals surface area contributed by atoms with E-state index >= 15 is 0 Å². The Morgan fingerprint density at radius 2 is 1.63 bits per heavy atom. The summed E-state index contributed by atoms with van der Waals surface area (Å²) in [6, 6.07) is 18.5. The molecule has 1 atom stereocenters. The summed E-state index contributed by atoms with van der Waals surface area (Å²) in [5, 5.41) is 2.23. The maximum Gasteiger partial charge on any atom is 0.161 e. The lowest BCUT2D eigenvalue weighted by molar-refractivity contribution is 0.0696. The van der Waals surface area contributed by atoms with Crippen LogP contribution in [0, 0.1) is 0 Å². The Labute approximate surface area is 157 Å². The standard InChI is InChI=1S/C23H20O4/c1-24-21-12-14-9-10-26-23(17(14)13-22(21)25-2)15-7-8-20-18(11-15)16-5-3-4-6-19(16)27-20/h3-8,11-13,23H,9-10H2,1-2H3/t23-/m1/s1. The summed E-state index contributed by atoms with van der Waals surface area (Å²) >= 11 is 0. The van der Waals surface area contributed by atoms with Crippen LogP contribution in [0.15, 0.2) is 59.0 Å². The molecule has 0 amide bonds. The number of methoxy groups -OCH3 is 2. The van der Waals surface area contributed by atoms with E-state index in [1.807, 2.05) is 30.3 Å². The van der Waals surface area contributed by atoms with Crippen LogP contribution in [0.25, 0.3) is 21.9 Å². The molecule has 3 aromatic carbocycles. The highest BCUT2D eigenvalue weighted by molar-refractivity contribution is 6.05. The molecule has 0 radical (unpaired) electrons. The van der Waals surface area contributed by atoms with Crippen LogP contribution in [0.4, 0.5) is 0 Å². The molecule has 0 fully saturated rings. The third-order valence-corrected chi connectivity index (χ3v) is 5.29. The first-order valence-corrected chi connectivity index (χ1v) is 9.06. The molecule has 4 heteroatoms. The molecule has 0 unspecified atom stereocenters. The van der Waals surface area contributed by atoms with Gasteiger partial charge in [0, 0.05) is 10.8 Å². The van der Waals surface area contributed by atoms with Crippen molar-refractivity contribution in [2.24, 2.45) is 0 Å². The second-order valence-corrected chi connectivity index (χ2v) is 6.76. The second kappa shape index (κ2) is 6.32. The Morgan fingerprint density at radius 3 is 2.48 bits per heavy atom. The van der Waals surface area contributed by atoms with Crippen LogP contribution < -0.4 is 9.47 Å². The topological polar surface area (TPSA) is 40.8 Å². The molecule has 1 aliphatic rings. The number of hydrogen-bond donors (Lipinski definition) is 0. The van der Waals surface area contributed by atoms with Crippen LogP contribution >= 0.6 is 0 Å². The summed E-state index contributed by atoms with van der Waals surface area (Å²) in [5.41, 5.74) is 5.28. The number of fused-ring (bicyclic) bond motifs is 4. The minimum atomic E-state index is -0.133. The van der Waals surface area contributed by atoms with E-state index in [0.717, 1.165) is 51.0 Å². The van der Waals surface area contributed by atoms with Crippen LogP contribution in [0.1, 0.15) is 22.8 Å². The maximum atomic E-state index is 6.17. The normalized spacial score (nSPS) is 16.4. The molecule has 1 aliphatic heterocycles. The SMILES string of the molecule is COc1cc2c(cc1OC)[C@@H](c1ccc3oc4ccccc4c3c1)OCC2. The van der Waals surface area contributed by atoms with Gasteiger partial charge in [-0.3, -0.25) is 0 Å². The van der Waals surface area contributed by atoms with Gasteiger partial charge in [-0.15, -0.1) is 0 Å². The lowest BCUT2D eigenvalue weighted by Crippen LogP contribution is -2.17. The summed E-state index contributed by atoms with van der Waals surface area (Å²) in [4.78, 5) is 0. The molecule has 136 valence electrons. The van der Waals surface area contributed by atoms with E-state index < -0.39 is 0 Å². The highest BCUT2D eigenvalue weighted by atomic mass is 16.5. The zero-order valence-corrected chi connectivity index (χ0v) is 15.3. The van der Waals surface area contributed by atoms with Gasteiger partial charge in [-0.05, 0) is 53.4 Å². The molecule has 5 rings (SSSR count). The number of furan rings is 1. The van der Waals surface area contributed by atoms with Gasteiger partial charge in [0.2, 0.25) is 0 Å². The fourth-order valence-corrected chi connectivity index (χ4v) is 3.96. The smallest absolute Gasteiger partial charge is 0.161 e. The average molecular weight is 360 g/mol. The molecule has 0 spiro atoms. The van der Waals surface area contributed by atoms with E-state index in [2.05, 4.69) is 24.3 Å². The van der Waals surface area contributed by atoms with Crippen LogP contribution in [0.3, 0.4) is 0 Å². The second-order valence-electron chi connectivity index (χ2n) is 6.76. The fraction of sp³-hybridized carbons (Fsp3) is 0.217. The lowest BCUT2D eigenvalue weighted by atomic mass is 9.91. The molecule has 27 heavy (non-hydrogen) atoms. The number of benzene rings is 3. The molecule has 2 heterocycles. The first-order chi connectivity index (χ1) is 13.3. The van der Waals surface area contributed by atoms with Crippen molar-refractivity contribution < 1.29 is 18.6 Å². The van der Waals surface area contributed by atoms with Crippen LogP contribution in [-0.2, 0) is 11.2 Å². The Kier molecular flexibility index (Phi) is 3.80. The monoisotopic (exact) mass is 360 g/mol. The Bertz CT molecular complexity index is 1140. The van der Waals surface area contributed by atoms with Gasteiger partial charge in [-0.2, -0.15) is 0 Å². The predicted octanol–water partition coefficient (Wildman–Crippen LogP) is 5.27. The lowest BCUT2D eigenvalue weighted by Gasteiger charge is -2.27. The van der Waals surface area contributed by atoms with Gasteiger partial charge in [-0.25, -0.2) is 0 Å². The molecule has 0 saturated heterocycles.